The van der Waals surface area contributed by atoms with E-state index in [4.69, 9.17) is 11.2 Å². The quantitative estimate of drug-likeness (QED) is 0.532. The van der Waals surface area contributed by atoms with Crippen LogP contribution in [0.5, 0.6) is 0 Å². The van der Waals surface area contributed by atoms with E-state index in [2.05, 4.69) is 38.9 Å². The van der Waals surface area contributed by atoms with Crippen LogP contribution in [0, 0.1) is 17.8 Å². The molecule has 1 unspecified atom stereocenters. The largest absolute Gasteiger partial charge is 0.374 e. The second kappa shape index (κ2) is 8.05. The number of hydrogen-bond donors (Lipinski definition) is 1. The Morgan fingerprint density at radius 2 is 1.85 bits per heavy atom. The van der Waals surface area contributed by atoms with Crippen LogP contribution in [0.1, 0.15) is 72.6 Å². The van der Waals surface area contributed by atoms with Crippen molar-refractivity contribution in [3.05, 3.63) is 0 Å². The Morgan fingerprint density at radius 3 is 2.35 bits per heavy atom. The van der Waals surface area contributed by atoms with Crippen LogP contribution in [0.3, 0.4) is 0 Å². The van der Waals surface area contributed by atoms with Crippen LogP contribution < -0.4 is 5.32 Å². The average Bonchev–Trinajstić information content (AvgIpc) is 2.41. The van der Waals surface area contributed by atoms with E-state index in [9.17, 15) is 0 Å². The van der Waals surface area contributed by atoms with Crippen molar-refractivity contribution >= 4 is 0 Å². The highest BCUT2D eigenvalue weighted by atomic mass is 16.5. The molecule has 116 valence electrons. The number of likely N-dealkylation sites (N-methyl/N-ethyl adjacent to an activating group) is 1. The number of nitrogens with one attached hydrogen (secondary N) is 1. The summed E-state index contributed by atoms with van der Waals surface area (Å²) in [6.07, 6.45) is 13.3. The third kappa shape index (κ3) is 4.79. The van der Waals surface area contributed by atoms with Crippen molar-refractivity contribution in [3.8, 4) is 12.3 Å². The molecular weight excluding hydrogens is 246 g/mol. The zero-order valence-electron chi connectivity index (χ0n) is 13.9. The Morgan fingerprint density at radius 1 is 1.20 bits per heavy atom. The predicted molar refractivity (Wildman–Crippen MR) is 86.8 cm³/mol. The van der Waals surface area contributed by atoms with Gasteiger partial charge in [0.15, 0.2) is 0 Å². The SMILES string of the molecule is C#CCCCC(NCC)C1(OCC)CCC(C)(C)CC1. The molecule has 0 aromatic carbocycles. The molecule has 0 saturated heterocycles. The summed E-state index contributed by atoms with van der Waals surface area (Å²) in [5, 5.41) is 3.67. The Balaban J connectivity index is 2.76. The van der Waals surface area contributed by atoms with Gasteiger partial charge in [-0.2, -0.15) is 0 Å². The lowest BCUT2D eigenvalue weighted by Gasteiger charge is -2.48. The zero-order chi connectivity index (χ0) is 15.1. The fraction of sp³-hybridized carbons (Fsp3) is 0.889. The molecule has 1 atom stereocenters. The fourth-order valence-corrected chi connectivity index (χ4v) is 3.44. The molecular formula is C18H33NO. The number of ether oxygens (including phenoxy) is 1. The highest BCUT2D eigenvalue weighted by molar-refractivity contribution is 4.99. The van der Waals surface area contributed by atoms with Crippen LogP contribution in [0.25, 0.3) is 0 Å². The van der Waals surface area contributed by atoms with Crippen LogP contribution in [-0.2, 0) is 4.74 Å². The minimum Gasteiger partial charge on any atom is -0.374 e. The maximum atomic E-state index is 6.30. The summed E-state index contributed by atoms with van der Waals surface area (Å²) in [5.74, 6) is 2.76. The van der Waals surface area contributed by atoms with Crippen LogP contribution in [0.15, 0.2) is 0 Å². The maximum Gasteiger partial charge on any atom is 0.0834 e. The molecule has 0 heterocycles. The summed E-state index contributed by atoms with van der Waals surface area (Å²) >= 11 is 0. The van der Waals surface area contributed by atoms with E-state index in [1.165, 1.54) is 25.7 Å². The highest BCUT2D eigenvalue weighted by Gasteiger charge is 2.44. The number of terminal acetylenes is 1. The molecule has 0 aliphatic heterocycles. The molecule has 0 radical (unpaired) electrons. The smallest absolute Gasteiger partial charge is 0.0834 e. The first kappa shape index (κ1) is 17.5. The predicted octanol–water partition coefficient (Wildman–Crippen LogP) is 4.14. The molecule has 1 aliphatic rings. The molecule has 1 fully saturated rings. The minimum absolute atomic E-state index is 0.0227. The summed E-state index contributed by atoms with van der Waals surface area (Å²) in [6, 6.07) is 0.442. The van der Waals surface area contributed by atoms with Gasteiger partial charge in [0.25, 0.3) is 0 Å². The van der Waals surface area contributed by atoms with E-state index >= 15 is 0 Å². The molecule has 0 bridgehead atoms. The molecule has 0 aromatic heterocycles. The summed E-state index contributed by atoms with van der Waals surface area (Å²) in [7, 11) is 0. The minimum atomic E-state index is 0.0227. The van der Waals surface area contributed by atoms with Gasteiger partial charge >= 0.3 is 0 Å². The Bertz CT molecular complexity index is 306. The zero-order valence-corrected chi connectivity index (χ0v) is 13.9. The summed E-state index contributed by atoms with van der Waals surface area (Å²) < 4.78 is 6.30. The van der Waals surface area contributed by atoms with Crippen molar-refractivity contribution in [2.75, 3.05) is 13.2 Å². The Labute approximate surface area is 126 Å². The Kier molecular flexibility index (Phi) is 7.06. The molecule has 1 N–H and O–H groups in total. The highest BCUT2D eigenvalue weighted by Crippen LogP contribution is 2.44. The molecule has 1 rings (SSSR count). The molecule has 1 saturated carbocycles. The second-order valence-corrected chi connectivity index (χ2v) is 6.87. The van der Waals surface area contributed by atoms with Crippen LogP contribution >= 0.6 is 0 Å². The molecule has 0 spiro atoms. The van der Waals surface area contributed by atoms with E-state index in [1.807, 2.05) is 0 Å². The van der Waals surface area contributed by atoms with Gasteiger partial charge in [-0.25, -0.2) is 0 Å². The third-order valence-electron chi connectivity index (χ3n) is 4.78. The van der Waals surface area contributed by atoms with Crippen molar-refractivity contribution in [1.82, 2.24) is 5.32 Å². The maximum absolute atomic E-state index is 6.30. The first-order valence-corrected chi connectivity index (χ1v) is 8.30. The lowest BCUT2D eigenvalue weighted by molar-refractivity contribution is -0.107. The van der Waals surface area contributed by atoms with Crippen LogP contribution in [0.2, 0.25) is 0 Å². The third-order valence-corrected chi connectivity index (χ3v) is 4.78. The van der Waals surface area contributed by atoms with E-state index in [1.54, 1.807) is 0 Å². The molecule has 2 nitrogen and oxygen atoms in total. The number of rotatable bonds is 8. The first-order valence-electron chi connectivity index (χ1n) is 8.30. The standard InChI is InChI=1S/C18H33NO/c1-6-9-10-11-16(19-7-2)18(20-8-3)14-12-17(4,5)13-15-18/h1,16,19H,7-15H2,2-5H3. The van der Waals surface area contributed by atoms with E-state index in [-0.39, 0.29) is 5.60 Å². The summed E-state index contributed by atoms with van der Waals surface area (Å²) in [5.41, 5.74) is 0.491. The monoisotopic (exact) mass is 279 g/mol. The van der Waals surface area contributed by atoms with Crippen molar-refractivity contribution in [2.45, 2.75) is 84.3 Å². The summed E-state index contributed by atoms with van der Waals surface area (Å²) in [4.78, 5) is 0. The van der Waals surface area contributed by atoms with E-state index < -0.39 is 0 Å². The molecule has 0 aromatic rings. The van der Waals surface area contributed by atoms with Gasteiger partial charge in [-0.15, -0.1) is 12.3 Å². The van der Waals surface area contributed by atoms with Crippen LogP contribution in [0.4, 0.5) is 0 Å². The van der Waals surface area contributed by atoms with Crippen LogP contribution in [-0.4, -0.2) is 24.8 Å². The normalized spacial score (nSPS) is 22.1. The molecule has 0 amide bonds. The van der Waals surface area contributed by atoms with Crippen molar-refractivity contribution in [1.29, 1.82) is 0 Å². The van der Waals surface area contributed by atoms with Gasteiger partial charge in [0.1, 0.15) is 0 Å². The van der Waals surface area contributed by atoms with Gasteiger partial charge in [0.2, 0.25) is 0 Å². The second-order valence-electron chi connectivity index (χ2n) is 6.87. The number of hydrogen-bond acceptors (Lipinski definition) is 2. The molecule has 2 heteroatoms. The van der Waals surface area contributed by atoms with Crippen molar-refractivity contribution in [3.63, 3.8) is 0 Å². The fourth-order valence-electron chi connectivity index (χ4n) is 3.44. The van der Waals surface area contributed by atoms with Gasteiger partial charge in [-0.05, 0) is 57.4 Å². The van der Waals surface area contributed by atoms with E-state index in [0.717, 1.165) is 32.4 Å². The Hall–Kier alpha value is -0.520. The van der Waals surface area contributed by atoms with Crippen molar-refractivity contribution < 1.29 is 4.74 Å². The van der Waals surface area contributed by atoms with Gasteiger partial charge in [0.05, 0.1) is 5.60 Å². The van der Waals surface area contributed by atoms with E-state index in [0.29, 0.717) is 11.5 Å². The van der Waals surface area contributed by atoms with Crippen molar-refractivity contribution in [2.24, 2.45) is 5.41 Å². The lowest BCUT2D eigenvalue weighted by Crippen LogP contribution is -2.55. The lowest BCUT2D eigenvalue weighted by atomic mass is 9.67. The molecule has 20 heavy (non-hydrogen) atoms. The van der Waals surface area contributed by atoms with Gasteiger partial charge < -0.3 is 10.1 Å². The van der Waals surface area contributed by atoms with Gasteiger partial charge in [-0.1, -0.05) is 20.8 Å². The first-order chi connectivity index (χ1) is 9.49. The molecule has 1 aliphatic carbocycles. The topological polar surface area (TPSA) is 21.3 Å². The number of unbranched alkanes of at least 4 members (excludes halogenated alkanes) is 1. The van der Waals surface area contributed by atoms with Gasteiger partial charge in [0, 0.05) is 19.1 Å². The van der Waals surface area contributed by atoms with Gasteiger partial charge in [-0.3, -0.25) is 0 Å². The summed E-state index contributed by atoms with van der Waals surface area (Å²) in [6.45, 7) is 10.9. The average molecular weight is 279 g/mol.